The summed E-state index contributed by atoms with van der Waals surface area (Å²) in [5.74, 6) is 2.83. The number of aromatic nitrogens is 3. The maximum absolute atomic E-state index is 5.93. The summed E-state index contributed by atoms with van der Waals surface area (Å²) in [7, 11) is 7.67. The zero-order valence-corrected chi connectivity index (χ0v) is 21.3. The second kappa shape index (κ2) is 11.3. The first-order chi connectivity index (χ1) is 15.4. The van der Waals surface area contributed by atoms with Crippen molar-refractivity contribution in [3.8, 4) is 11.5 Å². The molecule has 0 aliphatic carbocycles. The van der Waals surface area contributed by atoms with Crippen LogP contribution < -0.4 is 9.47 Å². The fourth-order valence-corrected chi connectivity index (χ4v) is 5.00. The Balaban J connectivity index is 1.94. The quantitative estimate of drug-likeness (QED) is 0.437. The predicted molar refractivity (Wildman–Crippen MR) is 131 cm³/mol. The minimum Gasteiger partial charge on any atom is -0.497 e. The van der Waals surface area contributed by atoms with E-state index in [-0.39, 0.29) is 12.1 Å². The summed E-state index contributed by atoms with van der Waals surface area (Å²) in [6, 6.07) is 6.55. The summed E-state index contributed by atoms with van der Waals surface area (Å²) in [6.07, 6.45) is 5.45. The lowest BCUT2D eigenvalue weighted by Gasteiger charge is -2.26. The van der Waals surface area contributed by atoms with Crippen molar-refractivity contribution < 1.29 is 9.47 Å². The number of unbranched alkanes of at least 4 members (excludes halogenated alkanes) is 1. The molecule has 1 aromatic heterocycles. The highest BCUT2D eigenvalue weighted by atomic mass is 32.1. The largest absolute Gasteiger partial charge is 0.497 e. The van der Waals surface area contributed by atoms with E-state index in [4.69, 9.17) is 26.8 Å². The maximum Gasteiger partial charge on any atom is 0.199 e. The molecule has 2 heterocycles. The van der Waals surface area contributed by atoms with Crippen molar-refractivity contribution in [2.24, 2.45) is 0 Å². The summed E-state index contributed by atoms with van der Waals surface area (Å²) in [5.41, 5.74) is 1.17. The van der Waals surface area contributed by atoms with Crippen LogP contribution in [0.15, 0.2) is 18.2 Å². The van der Waals surface area contributed by atoms with Gasteiger partial charge in [-0.15, -0.1) is 0 Å². The number of nitrogens with zero attached hydrogens (tertiary/aromatic N) is 5. The van der Waals surface area contributed by atoms with Crippen LogP contribution in [0.1, 0.15) is 69.4 Å². The first-order valence-electron chi connectivity index (χ1n) is 11.7. The van der Waals surface area contributed by atoms with Crippen molar-refractivity contribution in [3.05, 3.63) is 34.4 Å². The fraction of sp³-hybridized carbons (Fsp3) is 0.667. The zero-order chi connectivity index (χ0) is 23.3. The highest BCUT2D eigenvalue weighted by Gasteiger charge is 2.30. The molecule has 32 heavy (non-hydrogen) atoms. The molecule has 2 aromatic rings. The van der Waals surface area contributed by atoms with E-state index in [1.54, 1.807) is 14.2 Å². The summed E-state index contributed by atoms with van der Waals surface area (Å²) in [4.78, 5) is 4.70. The van der Waals surface area contributed by atoms with Crippen LogP contribution in [0.5, 0.6) is 11.5 Å². The fourth-order valence-electron chi connectivity index (χ4n) is 4.72. The molecule has 178 valence electrons. The van der Waals surface area contributed by atoms with Gasteiger partial charge in [-0.25, -0.2) is 4.68 Å². The Labute approximate surface area is 197 Å². The van der Waals surface area contributed by atoms with Crippen molar-refractivity contribution in [3.63, 3.8) is 0 Å². The molecule has 0 spiro atoms. The van der Waals surface area contributed by atoms with Gasteiger partial charge in [0.2, 0.25) is 0 Å². The van der Waals surface area contributed by atoms with E-state index in [0.29, 0.717) is 6.67 Å². The summed E-state index contributed by atoms with van der Waals surface area (Å²) >= 11 is 5.93. The van der Waals surface area contributed by atoms with Gasteiger partial charge in [0.15, 0.2) is 4.77 Å². The number of benzene rings is 1. The molecular weight excluding hydrogens is 422 g/mol. The molecule has 8 heteroatoms. The summed E-state index contributed by atoms with van der Waals surface area (Å²) in [6.45, 7) is 7.03. The van der Waals surface area contributed by atoms with Gasteiger partial charge in [-0.05, 0) is 70.2 Å². The number of methoxy groups -OCH3 is 2. The third-order valence-corrected chi connectivity index (χ3v) is 6.90. The number of ether oxygens (including phenoxy) is 2. The minimum atomic E-state index is 0.252. The Bertz CT molecular complexity index is 939. The molecule has 3 rings (SSSR count). The van der Waals surface area contributed by atoms with Crippen LogP contribution in [-0.4, -0.2) is 59.0 Å². The lowest BCUT2D eigenvalue weighted by molar-refractivity contribution is 0.185. The average Bonchev–Trinajstić information content (AvgIpc) is 3.37. The van der Waals surface area contributed by atoms with Crippen molar-refractivity contribution in [1.29, 1.82) is 0 Å². The normalized spacial score (nSPS) is 17.8. The molecule has 0 bridgehead atoms. The van der Waals surface area contributed by atoms with Crippen molar-refractivity contribution in [2.75, 3.05) is 34.9 Å². The summed E-state index contributed by atoms with van der Waals surface area (Å²) in [5, 5.41) is 5.06. The van der Waals surface area contributed by atoms with E-state index in [0.717, 1.165) is 67.3 Å². The van der Waals surface area contributed by atoms with E-state index in [1.165, 1.54) is 5.56 Å². The van der Waals surface area contributed by atoms with Crippen LogP contribution in [0.2, 0.25) is 0 Å². The SMILES string of the molecule is CCCCn1c([C@H](CC)N(C)C)nn(CN2CCC[C@@H]2c2cc(OC)ccc2OC)c1=S. The van der Waals surface area contributed by atoms with Gasteiger partial charge in [-0.2, -0.15) is 5.10 Å². The van der Waals surface area contributed by atoms with Crippen molar-refractivity contribution in [1.82, 2.24) is 24.1 Å². The van der Waals surface area contributed by atoms with Gasteiger partial charge in [0, 0.05) is 24.7 Å². The van der Waals surface area contributed by atoms with Crippen LogP contribution in [0.4, 0.5) is 0 Å². The van der Waals surface area contributed by atoms with E-state index in [1.807, 2.05) is 16.8 Å². The minimum absolute atomic E-state index is 0.252. The van der Waals surface area contributed by atoms with Gasteiger partial charge >= 0.3 is 0 Å². The molecule has 7 nitrogen and oxygen atoms in total. The molecule has 0 amide bonds. The van der Waals surface area contributed by atoms with Crippen LogP contribution in [-0.2, 0) is 13.2 Å². The lowest BCUT2D eigenvalue weighted by atomic mass is 10.0. The molecular formula is C24H39N5O2S. The molecule has 1 fully saturated rings. The number of hydrogen-bond donors (Lipinski definition) is 0. The Kier molecular flexibility index (Phi) is 8.73. The Morgan fingerprint density at radius 3 is 2.62 bits per heavy atom. The highest BCUT2D eigenvalue weighted by molar-refractivity contribution is 7.71. The molecule has 1 aromatic carbocycles. The average molecular weight is 462 g/mol. The van der Waals surface area contributed by atoms with Crippen LogP contribution in [0, 0.1) is 4.77 Å². The topological polar surface area (TPSA) is 47.7 Å². The van der Waals surface area contributed by atoms with E-state index in [2.05, 4.69) is 48.4 Å². The molecule has 0 saturated carbocycles. The van der Waals surface area contributed by atoms with Crippen molar-refractivity contribution >= 4 is 12.2 Å². The molecule has 2 atom stereocenters. The Morgan fingerprint density at radius 1 is 1.22 bits per heavy atom. The molecule has 1 aliphatic heterocycles. The molecule has 0 N–H and O–H groups in total. The standard InChI is InChI=1S/C24H39N5O2S/c1-7-9-15-28-23(20(8-2)26(3)4)25-29(24(28)32)17-27-14-10-11-21(27)19-16-18(30-5)12-13-22(19)31-6/h12-13,16,20-21H,7-11,14-15,17H2,1-6H3/t20-,21+/m0/s1. The smallest absolute Gasteiger partial charge is 0.199 e. The van der Waals surface area contributed by atoms with E-state index < -0.39 is 0 Å². The molecule has 1 saturated heterocycles. The van der Waals surface area contributed by atoms with Gasteiger partial charge in [0.25, 0.3) is 0 Å². The molecule has 0 unspecified atom stereocenters. The monoisotopic (exact) mass is 461 g/mol. The van der Waals surface area contributed by atoms with Crippen LogP contribution in [0.3, 0.4) is 0 Å². The predicted octanol–water partition coefficient (Wildman–Crippen LogP) is 5.04. The second-order valence-corrected chi connectivity index (χ2v) is 9.12. The van der Waals surface area contributed by atoms with Gasteiger partial charge in [0.05, 0.1) is 26.9 Å². The van der Waals surface area contributed by atoms with Gasteiger partial charge < -0.3 is 14.0 Å². The second-order valence-electron chi connectivity index (χ2n) is 8.75. The Hall–Kier alpha value is -1.90. The maximum atomic E-state index is 5.93. The van der Waals surface area contributed by atoms with E-state index >= 15 is 0 Å². The first kappa shape index (κ1) is 24.7. The third-order valence-electron chi connectivity index (χ3n) is 6.47. The number of rotatable bonds is 11. The molecule has 1 aliphatic rings. The zero-order valence-electron chi connectivity index (χ0n) is 20.5. The van der Waals surface area contributed by atoms with Gasteiger partial charge in [-0.3, -0.25) is 9.80 Å². The summed E-state index contributed by atoms with van der Waals surface area (Å²) < 4.78 is 16.3. The van der Waals surface area contributed by atoms with Gasteiger partial charge in [0.1, 0.15) is 17.3 Å². The third kappa shape index (κ3) is 5.18. The number of hydrogen-bond acceptors (Lipinski definition) is 6. The van der Waals surface area contributed by atoms with E-state index in [9.17, 15) is 0 Å². The van der Waals surface area contributed by atoms with Gasteiger partial charge in [-0.1, -0.05) is 20.3 Å². The number of likely N-dealkylation sites (tertiary alicyclic amines) is 1. The van der Waals surface area contributed by atoms with Crippen LogP contribution in [0.25, 0.3) is 0 Å². The first-order valence-corrected chi connectivity index (χ1v) is 12.2. The highest BCUT2D eigenvalue weighted by Crippen LogP contribution is 2.39. The van der Waals surface area contributed by atoms with Crippen LogP contribution >= 0.6 is 12.2 Å². The lowest BCUT2D eigenvalue weighted by Crippen LogP contribution is -2.27. The van der Waals surface area contributed by atoms with Crippen molar-refractivity contribution in [2.45, 2.75) is 71.2 Å². The molecule has 0 radical (unpaired) electrons. The Morgan fingerprint density at radius 2 is 2.00 bits per heavy atom.